The van der Waals surface area contributed by atoms with Gasteiger partial charge in [0.05, 0.1) is 12.8 Å². The second-order valence-corrected chi connectivity index (χ2v) is 5.10. The van der Waals surface area contributed by atoms with Crippen molar-refractivity contribution in [1.29, 1.82) is 0 Å². The van der Waals surface area contributed by atoms with Gasteiger partial charge >= 0.3 is 5.97 Å². The molecule has 3 N–H and O–H groups in total. The molecule has 0 aliphatic heterocycles. The molecule has 104 valence electrons. The number of methoxy groups -OCH3 is 1. The summed E-state index contributed by atoms with van der Waals surface area (Å²) in [5.41, 5.74) is 6.73. The van der Waals surface area contributed by atoms with Gasteiger partial charge in [-0.2, -0.15) is 0 Å². The monoisotopic (exact) mass is 263 g/mol. The number of nitrogens with one attached hydrogen (secondary N) is 1. The molecule has 1 aromatic heterocycles. The molecule has 0 radical (unpaired) electrons. The molecule has 0 spiro atoms. The molecule has 0 bridgehead atoms. The van der Waals surface area contributed by atoms with Gasteiger partial charge in [-0.05, 0) is 37.8 Å². The summed E-state index contributed by atoms with van der Waals surface area (Å²) in [7, 11) is 1.34. The fourth-order valence-corrected chi connectivity index (χ4v) is 2.59. The molecule has 19 heavy (non-hydrogen) atoms. The molecule has 1 aromatic rings. The van der Waals surface area contributed by atoms with E-state index in [1.165, 1.54) is 32.8 Å². The van der Waals surface area contributed by atoms with Gasteiger partial charge in [0, 0.05) is 6.04 Å². The zero-order chi connectivity index (χ0) is 13.8. The second-order valence-electron chi connectivity index (χ2n) is 5.10. The highest BCUT2D eigenvalue weighted by atomic mass is 16.5. The summed E-state index contributed by atoms with van der Waals surface area (Å²) in [4.78, 5) is 15.7. The molecular weight excluding hydrogens is 242 g/mol. The third-order valence-corrected chi connectivity index (χ3v) is 3.79. The summed E-state index contributed by atoms with van der Waals surface area (Å²) < 4.78 is 4.67. The van der Waals surface area contributed by atoms with Crippen molar-refractivity contribution in [1.82, 2.24) is 4.98 Å². The maximum absolute atomic E-state index is 11.5. The van der Waals surface area contributed by atoms with Crippen LogP contribution in [0.5, 0.6) is 0 Å². The summed E-state index contributed by atoms with van der Waals surface area (Å²) in [6.45, 7) is 2.14. The molecule has 5 nitrogen and oxygen atoms in total. The van der Waals surface area contributed by atoms with E-state index >= 15 is 0 Å². The Morgan fingerprint density at radius 1 is 1.47 bits per heavy atom. The second kappa shape index (κ2) is 5.91. The largest absolute Gasteiger partial charge is 0.464 e. The van der Waals surface area contributed by atoms with Crippen molar-refractivity contribution in [3.8, 4) is 0 Å². The Kier molecular flexibility index (Phi) is 4.24. The summed E-state index contributed by atoms with van der Waals surface area (Å²) in [5.74, 6) is 0.779. The van der Waals surface area contributed by atoms with E-state index in [4.69, 9.17) is 5.73 Å². The number of ether oxygens (including phenoxy) is 1. The Balaban J connectivity index is 2.12. The van der Waals surface area contributed by atoms with Gasteiger partial charge in [0.15, 0.2) is 5.69 Å². The quantitative estimate of drug-likeness (QED) is 0.816. The number of carbonyl (C=O) groups is 1. The van der Waals surface area contributed by atoms with E-state index in [0.717, 1.165) is 0 Å². The number of esters is 1. The Bertz CT molecular complexity index is 456. The number of rotatable bonds is 4. The van der Waals surface area contributed by atoms with E-state index in [9.17, 15) is 4.79 Å². The lowest BCUT2D eigenvalue weighted by atomic mass is 10.00. The van der Waals surface area contributed by atoms with Gasteiger partial charge in [0.1, 0.15) is 5.82 Å². The Hall–Kier alpha value is -1.78. The Morgan fingerprint density at radius 3 is 2.79 bits per heavy atom. The van der Waals surface area contributed by atoms with Crippen molar-refractivity contribution in [3.05, 3.63) is 17.8 Å². The van der Waals surface area contributed by atoms with Crippen LogP contribution in [0, 0.1) is 5.92 Å². The minimum absolute atomic E-state index is 0.276. The maximum Gasteiger partial charge on any atom is 0.356 e. The van der Waals surface area contributed by atoms with E-state index in [-0.39, 0.29) is 5.69 Å². The molecule has 5 heteroatoms. The van der Waals surface area contributed by atoms with Gasteiger partial charge in [-0.3, -0.25) is 0 Å². The number of pyridine rings is 1. The third-order valence-electron chi connectivity index (χ3n) is 3.79. The van der Waals surface area contributed by atoms with Crippen LogP contribution in [0.3, 0.4) is 0 Å². The average molecular weight is 263 g/mol. The van der Waals surface area contributed by atoms with E-state index in [1.54, 1.807) is 12.1 Å². The Morgan fingerprint density at radius 2 is 2.16 bits per heavy atom. The molecule has 2 rings (SSSR count). The normalized spacial score (nSPS) is 17.2. The Labute approximate surface area is 113 Å². The van der Waals surface area contributed by atoms with Gasteiger partial charge in [0.25, 0.3) is 0 Å². The lowest BCUT2D eigenvalue weighted by molar-refractivity contribution is 0.0594. The number of nitrogens with two attached hydrogens (primary N) is 1. The molecule has 0 saturated heterocycles. The molecule has 0 amide bonds. The standard InChI is InChI=1S/C14H21N3O2/c1-9(10-5-3-4-6-10)16-13-11(15)7-8-12(17-13)14(18)19-2/h7-10H,3-6,15H2,1-2H3,(H,16,17). The first-order valence-electron chi connectivity index (χ1n) is 6.73. The number of hydrogen-bond acceptors (Lipinski definition) is 5. The summed E-state index contributed by atoms with van der Waals surface area (Å²) in [6.07, 6.45) is 5.07. The number of nitrogen functional groups attached to an aromatic ring is 1. The minimum Gasteiger partial charge on any atom is -0.464 e. The van der Waals surface area contributed by atoms with Gasteiger partial charge in [-0.15, -0.1) is 0 Å². The molecular formula is C14H21N3O2. The first-order chi connectivity index (χ1) is 9.11. The fourth-order valence-electron chi connectivity index (χ4n) is 2.59. The lowest BCUT2D eigenvalue weighted by Gasteiger charge is -2.21. The lowest BCUT2D eigenvalue weighted by Crippen LogP contribution is -2.25. The summed E-state index contributed by atoms with van der Waals surface area (Å²) in [6, 6.07) is 3.57. The predicted octanol–water partition coefficient (Wildman–Crippen LogP) is 2.44. The van der Waals surface area contributed by atoms with Crippen molar-refractivity contribution in [2.24, 2.45) is 5.92 Å². The van der Waals surface area contributed by atoms with E-state index < -0.39 is 5.97 Å². The average Bonchev–Trinajstić information content (AvgIpc) is 2.94. The van der Waals surface area contributed by atoms with Crippen LogP contribution in [-0.2, 0) is 4.74 Å². The molecule has 1 fully saturated rings. The molecule has 1 atom stereocenters. The summed E-state index contributed by atoms with van der Waals surface area (Å²) in [5, 5.41) is 3.33. The van der Waals surface area contributed by atoms with Crippen molar-refractivity contribution in [2.75, 3.05) is 18.2 Å². The van der Waals surface area contributed by atoms with Crippen LogP contribution in [0.4, 0.5) is 11.5 Å². The van der Waals surface area contributed by atoms with Crippen LogP contribution in [0.1, 0.15) is 43.1 Å². The smallest absolute Gasteiger partial charge is 0.356 e. The molecule has 0 aromatic carbocycles. The molecule has 1 aliphatic carbocycles. The fraction of sp³-hybridized carbons (Fsp3) is 0.571. The number of hydrogen-bond donors (Lipinski definition) is 2. The van der Waals surface area contributed by atoms with Crippen molar-refractivity contribution in [2.45, 2.75) is 38.6 Å². The highest BCUT2D eigenvalue weighted by molar-refractivity contribution is 5.88. The highest BCUT2D eigenvalue weighted by Gasteiger charge is 2.22. The number of aromatic nitrogens is 1. The van der Waals surface area contributed by atoms with Gasteiger partial charge in [0.2, 0.25) is 0 Å². The highest BCUT2D eigenvalue weighted by Crippen LogP contribution is 2.29. The van der Waals surface area contributed by atoms with Crippen molar-refractivity contribution in [3.63, 3.8) is 0 Å². The first-order valence-corrected chi connectivity index (χ1v) is 6.73. The van der Waals surface area contributed by atoms with Crippen LogP contribution in [-0.4, -0.2) is 24.1 Å². The first kappa shape index (κ1) is 13.6. The maximum atomic E-state index is 11.5. The topological polar surface area (TPSA) is 77.2 Å². The van der Waals surface area contributed by atoms with Gasteiger partial charge in [-0.1, -0.05) is 12.8 Å². The van der Waals surface area contributed by atoms with Gasteiger partial charge < -0.3 is 15.8 Å². The van der Waals surface area contributed by atoms with Crippen molar-refractivity contribution < 1.29 is 9.53 Å². The van der Waals surface area contributed by atoms with Crippen LogP contribution < -0.4 is 11.1 Å². The summed E-state index contributed by atoms with van der Waals surface area (Å²) >= 11 is 0. The third kappa shape index (κ3) is 3.16. The molecule has 1 heterocycles. The van der Waals surface area contributed by atoms with Crippen LogP contribution in [0.15, 0.2) is 12.1 Å². The molecule has 1 aliphatic rings. The molecule has 1 unspecified atom stereocenters. The van der Waals surface area contributed by atoms with Gasteiger partial charge in [-0.25, -0.2) is 9.78 Å². The van der Waals surface area contributed by atoms with E-state index in [0.29, 0.717) is 23.5 Å². The zero-order valence-electron chi connectivity index (χ0n) is 11.5. The SMILES string of the molecule is COC(=O)c1ccc(N)c(NC(C)C2CCCC2)n1. The number of nitrogens with zero attached hydrogens (tertiary/aromatic N) is 1. The minimum atomic E-state index is -0.448. The predicted molar refractivity (Wildman–Crippen MR) is 75.0 cm³/mol. The van der Waals surface area contributed by atoms with Crippen LogP contribution in [0.25, 0.3) is 0 Å². The zero-order valence-corrected chi connectivity index (χ0v) is 11.5. The number of anilines is 2. The number of carbonyl (C=O) groups excluding carboxylic acids is 1. The van der Waals surface area contributed by atoms with E-state index in [1.807, 2.05) is 0 Å². The van der Waals surface area contributed by atoms with E-state index in [2.05, 4.69) is 22.0 Å². The molecule has 1 saturated carbocycles. The van der Waals surface area contributed by atoms with Crippen LogP contribution >= 0.6 is 0 Å². The van der Waals surface area contributed by atoms with Crippen LogP contribution in [0.2, 0.25) is 0 Å². The van der Waals surface area contributed by atoms with Crippen molar-refractivity contribution >= 4 is 17.5 Å².